The Bertz CT molecular complexity index is 508. The van der Waals surface area contributed by atoms with Crippen LogP contribution in [0.25, 0.3) is 0 Å². The van der Waals surface area contributed by atoms with Crippen molar-refractivity contribution in [2.24, 2.45) is 5.73 Å². The van der Waals surface area contributed by atoms with Gasteiger partial charge >= 0.3 is 0 Å². The van der Waals surface area contributed by atoms with Crippen LogP contribution < -0.4 is 5.73 Å². The molecule has 2 N–H and O–H groups in total. The topological polar surface area (TPSA) is 62.5 Å². The fourth-order valence-corrected chi connectivity index (χ4v) is 4.32. The highest BCUT2D eigenvalue weighted by Gasteiger charge is 2.32. The zero-order valence-electron chi connectivity index (χ0n) is 14.0. The summed E-state index contributed by atoms with van der Waals surface area (Å²) in [7, 11) is 0. The van der Waals surface area contributed by atoms with Gasteiger partial charge in [-0.15, -0.1) is 36.2 Å². The maximum absolute atomic E-state index is 12.7. The van der Waals surface area contributed by atoms with Crippen LogP contribution in [0.5, 0.6) is 0 Å². The number of likely N-dealkylation sites (tertiary alicyclic amines) is 2. The SMILES string of the molecule is Cl.Cl.NCCc1nc(C(=O)N2CCCC2CN2CCCCC2)cs1. The Labute approximate surface area is 160 Å². The van der Waals surface area contributed by atoms with Gasteiger partial charge in [0.05, 0.1) is 5.01 Å². The highest BCUT2D eigenvalue weighted by atomic mass is 35.5. The van der Waals surface area contributed by atoms with Gasteiger partial charge in [-0.2, -0.15) is 0 Å². The zero-order chi connectivity index (χ0) is 15.4. The van der Waals surface area contributed by atoms with Gasteiger partial charge in [-0.25, -0.2) is 4.98 Å². The minimum absolute atomic E-state index is 0. The normalized spacial score (nSPS) is 21.2. The molecular formula is C16H28Cl2N4OS. The van der Waals surface area contributed by atoms with E-state index < -0.39 is 0 Å². The molecule has 0 radical (unpaired) electrons. The molecule has 0 bridgehead atoms. The molecule has 3 rings (SSSR count). The van der Waals surface area contributed by atoms with Crippen LogP contribution in [0.3, 0.4) is 0 Å². The van der Waals surface area contributed by atoms with Crippen LogP contribution in [0.15, 0.2) is 5.38 Å². The molecule has 8 heteroatoms. The van der Waals surface area contributed by atoms with E-state index in [1.54, 1.807) is 11.3 Å². The van der Waals surface area contributed by atoms with Gasteiger partial charge in [0, 0.05) is 30.9 Å². The number of carbonyl (C=O) groups is 1. The van der Waals surface area contributed by atoms with Gasteiger partial charge in [0.1, 0.15) is 5.69 Å². The molecule has 2 saturated heterocycles. The monoisotopic (exact) mass is 394 g/mol. The average molecular weight is 395 g/mol. The summed E-state index contributed by atoms with van der Waals surface area (Å²) in [4.78, 5) is 21.8. The predicted octanol–water partition coefficient (Wildman–Crippen LogP) is 2.58. The molecular weight excluding hydrogens is 367 g/mol. The van der Waals surface area contributed by atoms with Crippen molar-refractivity contribution in [3.8, 4) is 0 Å². The first-order valence-electron chi connectivity index (χ1n) is 8.45. The van der Waals surface area contributed by atoms with Crippen LogP contribution in [-0.2, 0) is 6.42 Å². The van der Waals surface area contributed by atoms with Crippen molar-refractivity contribution in [1.29, 1.82) is 0 Å². The average Bonchev–Trinajstić information content (AvgIpc) is 3.18. The van der Waals surface area contributed by atoms with Gasteiger partial charge in [-0.3, -0.25) is 4.79 Å². The van der Waals surface area contributed by atoms with Crippen LogP contribution >= 0.6 is 36.2 Å². The van der Waals surface area contributed by atoms with Gasteiger partial charge in [-0.05, 0) is 45.3 Å². The second kappa shape index (κ2) is 10.6. The molecule has 5 nitrogen and oxygen atoms in total. The van der Waals surface area contributed by atoms with Crippen molar-refractivity contribution < 1.29 is 4.79 Å². The number of hydrogen-bond acceptors (Lipinski definition) is 5. The Kier molecular flexibility index (Phi) is 9.52. The van der Waals surface area contributed by atoms with Gasteiger partial charge in [0.15, 0.2) is 0 Å². The third-order valence-corrected chi connectivity index (χ3v) is 5.59. The first-order chi connectivity index (χ1) is 10.8. The molecule has 24 heavy (non-hydrogen) atoms. The van der Waals surface area contributed by atoms with E-state index in [2.05, 4.69) is 14.8 Å². The fourth-order valence-electron chi connectivity index (χ4n) is 3.53. The Hall–Kier alpha value is -0.400. The van der Waals surface area contributed by atoms with Crippen molar-refractivity contribution in [2.75, 3.05) is 32.7 Å². The molecule has 1 amide bonds. The van der Waals surface area contributed by atoms with E-state index in [0.29, 0.717) is 18.3 Å². The number of thiazole rings is 1. The lowest BCUT2D eigenvalue weighted by Gasteiger charge is -2.32. The summed E-state index contributed by atoms with van der Waals surface area (Å²) in [6, 6.07) is 0.366. The molecule has 2 fully saturated rings. The molecule has 1 atom stereocenters. The van der Waals surface area contributed by atoms with Crippen molar-refractivity contribution in [2.45, 2.75) is 44.6 Å². The first kappa shape index (κ1) is 21.6. The standard InChI is InChI=1S/C16H26N4OS.2ClH/c17-7-6-15-18-14(12-22-15)16(21)20-10-4-5-13(20)11-19-8-2-1-3-9-19;;/h12-13H,1-11,17H2;2*1H. The lowest BCUT2D eigenvalue weighted by molar-refractivity contribution is 0.0685. The third kappa shape index (κ3) is 5.30. The summed E-state index contributed by atoms with van der Waals surface area (Å²) in [5.41, 5.74) is 6.17. The number of rotatable bonds is 5. The number of nitrogens with zero attached hydrogens (tertiary/aromatic N) is 3. The van der Waals surface area contributed by atoms with Crippen molar-refractivity contribution in [3.63, 3.8) is 0 Å². The molecule has 1 aromatic heterocycles. The van der Waals surface area contributed by atoms with E-state index in [9.17, 15) is 4.79 Å². The van der Waals surface area contributed by atoms with Crippen LogP contribution in [0.1, 0.15) is 47.6 Å². The van der Waals surface area contributed by atoms with E-state index in [0.717, 1.165) is 37.4 Å². The van der Waals surface area contributed by atoms with Crippen molar-refractivity contribution >= 4 is 42.1 Å². The van der Waals surface area contributed by atoms with Gasteiger partial charge in [0.2, 0.25) is 0 Å². The highest BCUT2D eigenvalue weighted by Crippen LogP contribution is 2.23. The Morgan fingerprint density at radius 1 is 1.21 bits per heavy atom. The minimum Gasteiger partial charge on any atom is -0.333 e. The third-order valence-electron chi connectivity index (χ3n) is 4.68. The molecule has 3 heterocycles. The molecule has 1 aromatic rings. The second-order valence-corrected chi connectivity index (χ2v) is 7.26. The highest BCUT2D eigenvalue weighted by molar-refractivity contribution is 7.09. The van der Waals surface area contributed by atoms with Crippen molar-refractivity contribution in [1.82, 2.24) is 14.8 Å². The number of nitrogens with two attached hydrogens (primary N) is 1. The van der Waals surface area contributed by atoms with Crippen LogP contribution in [0, 0.1) is 0 Å². The number of hydrogen-bond donors (Lipinski definition) is 1. The van der Waals surface area contributed by atoms with Crippen LogP contribution in [-0.4, -0.2) is 59.5 Å². The Morgan fingerprint density at radius 2 is 1.96 bits per heavy atom. The largest absolute Gasteiger partial charge is 0.333 e. The summed E-state index contributed by atoms with van der Waals surface area (Å²) in [6.07, 6.45) is 6.96. The lowest BCUT2D eigenvalue weighted by atomic mass is 10.1. The maximum Gasteiger partial charge on any atom is 0.273 e. The summed E-state index contributed by atoms with van der Waals surface area (Å²) in [5, 5.41) is 2.86. The van der Waals surface area contributed by atoms with E-state index in [-0.39, 0.29) is 30.7 Å². The van der Waals surface area contributed by atoms with E-state index in [1.165, 1.54) is 32.4 Å². The van der Waals surface area contributed by atoms with E-state index in [1.807, 2.05) is 5.38 Å². The van der Waals surface area contributed by atoms with Crippen molar-refractivity contribution in [3.05, 3.63) is 16.1 Å². The Balaban J connectivity index is 0.00000144. The molecule has 0 saturated carbocycles. The molecule has 2 aliphatic heterocycles. The summed E-state index contributed by atoms with van der Waals surface area (Å²) in [5.74, 6) is 0.110. The number of halogens is 2. The zero-order valence-corrected chi connectivity index (χ0v) is 16.4. The van der Waals surface area contributed by atoms with Gasteiger partial charge < -0.3 is 15.5 Å². The predicted molar refractivity (Wildman–Crippen MR) is 104 cm³/mol. The number of aromatic nitrogens is 1. The first-order valence-corrected chi connectivity index (χ1v) is 9.33. The second-order valence-electron chi connectivity index (χ2n) is 6.32. The van der Waals surface area contributed by atoms with Crippen LogP contribution in [0.4, 0.5) is 0 Å². The van der Waals surface area contributed by atoms with E-state index in [4.69, 9.17) is 5.73 Å². The number of piperidine rings is 1. The molecule has 1 unspecified atom stereocenters. The van der Waals surface area contributed by atoms with E-state index >= 15 is 0 Å². The Morgan fingerprint density at radius 3 is 2.67 bits per heavy atom. The lowest BCUT2D eigenvalue weighted by Crippen LogP contribution is -2.44. The molecule has 0 spiro atoms. The quantitative estimate of drug-likeness (QED) is 0.833. The van der Waals surface area contributed by atoms with Gasteiger partial charge in [0.25, 0.3) is 5.91 Å². The summed E-state index contributed by atoms with van der Waals surface area (Å²) < 4.78 is 0. The molecule has 2 aliphatic rings. The molecule has 138 valence electrons. The molecule has 0 aromatic carbocycles. The number of amides is 1. The number of carbonyl (C=O) groups excluding carboxylic acids is 1. The maximum atomic E-state index is 12.7. The summed E-state index contributed by atoms with van der Waals surface area (Å²) in [6.45, 7) is 4.88. The summed E-state index contributed by atoms with van der Waals surface area (Å²) >= 11 is 1.55. The molecule has 0 aliphatic carbocycles. The fraction of sp³-hybridized carbons (Fsp3) is 0.750. The minimum atomic E-state index is 0. The smallest absolute Gasteiger partial charge is 0.273 e. The van der Waals surface area contributed by atoms with Gasteiger partial charge in [-0.1, -0.05) is 6.42 Å². The van der Waals surface area contributed by atoms with Crippen LogP contribution in [0.2, 0.25) is 0 Å².